The molecule has 3 nitrogen and oxygen atoms in total. The average Bonchev–Trinajstić information content (AvgIpc) is 2.51. The summed E-state index contributed by atoms with van der Waals surface area (Å²) in [6.45, 7) is 1.79. The van der Waals surface area contributed by atoms with Gasteiger partial charge in [0.1, 0.15) is 0 Å². The van der Waals surface area contributed by atoms with Crippen LogP contribution in [-0.2, 0) is 0 Å². The van der Waals surface area contributed by atoms with Crippen LogP contribution in [0.15, 0.2) is 31.7 Å². The third-order valence-electron chi connectivity index (χ3n) is 1.69. The Bertz CT molecular complexity index is 468. The molecule has 2 aromatic rings. The summed E-state index contributed by atoms with van der Waals surface area (Å²) in [5.74, 6) is 1.16. The topological polar surface area (TPSA) is 38.9 Å². The Morgan fingerprint density at radius 1 is 1.29 bits per heavy atom. The molecule has 1 aromatic heterocycles. The van der Waals surface area contributed by atoms with Gasteiger partial charge in [-0.15, -0.1) is 0 Å². The van der Waals surface area contributed by atoms with Gasteiger partial charge in [-0.2, -0.15) is 4.98 Å². The van der Waals surface area contributed by atoms with Crippen molar-refractivity contribution in [2.75, 3.05) is 0 Å². The van der Waals surface area contributed by atoms with Crippen LogP contribution < -0.4 is 0 Å². The van der Waals surface area contributed by atoms with Gasteiger partial charge in [0.2, 0.25) is 0 Å². The molecule has 0 radical (unpaired) electrons. The van der Waals surface area contributed by atoms with E-state index in [9.17, 15) is 0 Å². The van der Waals surface area contributed by atoms with Crippen LogP contribution in [0.1, 0.15) is 5.82 Å². The van der Waals surface area contributed by atoms with Gasteiger partial charge in [0.05, 0.1) is 5.56 Å². The molecular weight excluding hydrogens is 312 g/mol. The van der Waals surface area contributed by atoms with Crippen molar-refractivity contribution in [2.45, 2.75) is 6.92 Å². The molecule has 0 saturated carbocycles. The minimum absolute atomic E-state index is 0.530. The van der Waals surface area contributed by atoms with E-state index in [1.807, 2.05) is 18.2 Å². The van der Waals surface area contributed by atoms with Crippen LogP contribution in [0.3, 0.4) is 0 Å². The predicted molar refractivity (Wildman–Crippen MR) is 59.9 cm³/mol. The van der Waals surface area contributed by atoms with E-state index in [-0.39, 0.29) is 0 Å². The highest BCUT2D eigenvalue weighted by Crippen LogP contribution is 2.29. The molecule has 0 spiro atoms. The molecule has 0 aliphatic rings. The van der Waals surface area contributed by atoms with E-state index in [1.165, 1.54) is 0 Å². The van der Waals surface area contributed by atoms with E-state index in [1.54, 1.807) is 6.92 Å². The summed E-state index contributed by atoms with van der Waals surface area (Å²) in [6.07, 6.45) is 0. The fourth-order valence-electron chi connectivity index (χ4n) is 1.07. The Morgan fingerprint density at radius 3 is 2.64 bits per heavy atom. The lowest BCUT2D eigenvalue weighted by Crippen LogP contribution is -1.80. The summed E-state index contributed by atoms with van der Waals surface area (Å²) in [5.41, 5.74) is 0.897. The number of aromatic nitrogens is 2. The summed E-state index contributed by atoms with van der Waals surface area (Å²) in [4.78, 5) is 4.15. The second kappa shape index (κ2) is 3.82. The zero-order chi connectivity index (χ0) is 10.1. The van der Waals surface area contributed by atoms with E-state index in [0.29, 0.717) is 11.7 Å². The largest absolute Gasteiger partial charge is 0.334 e. The summed E-state index contributed by atoms with van der Waals surface area (Å²) in [6, 6.07) is 5.79. The first-order valence-corrected chi connectivity index (χ1v) is 5.51. The van der Waals surface area contributed by atoms with Gasteiger partial charge < -0.3 is 4.52 Å². The second-order valence-electron chi connectivity index (χ2n) is 2.77. The molecule has 14 heavy (non-hydrogen) atoms. The standard InChI is InChI=1S/C9H6Br2N2O/c1-5-12-9(14-13-5)7-3-2-6(10)4-8(7)11/h2-4H,1H3. The highest BCUT2D eigenvalue weighted by atomic mass is 79.9. The van der Waals surface area contributed by atoms with E-state index in [0.717, 1.165) is 14.5 Å². The Hall–Kier alpha value is -0.680. The zero-order valence-electron chi connectivity index (χ0n) is 7.29. The Kier molecular flexibility index (Phi) is 2.69. The number of halogens is 2. The molecule has 0 saturated heterocycles. The van der Waals surface area contributed by atoms with Crippen molar-refractivity contribution < 1.29 is 4.52 Å². The molecule has 0 aliphatic heterocycles. The highest BCUT2D eigenvalue weighted by molar-refractivity contribution is 9.11. The number of nitrogens with zero attached hydrogens (tertiary/aromatic N) is 2. The first-order chi connectivity index (χ1) is 6.66. The third-order valence-corrected chi connectivity index (χ3v) is 2.84. The summed E-state index contributed by atoms with van der Waals surface area (Å²) in [7, 11) is 0. The number of rotatable bonds is 1. The number of aryl methyl sites for hydroxylation is 1. The van der Waals surface area contributed by atoms with Crippen molar-refractivity contribution in [2.24, 2.45) is 0 Å². The smallest absolute Gasteiger partial charge is 0.259 e. The van der Waals surface area contributed by atoms with E-state index in [2.05, 4.69) is 42.0 Å². The third kappa shape index (κ3) is 1.88. The van der Waals surface area contributed by atoms with Crippen LogP contribution in [0.2, 0.25) is 0 Å². The van der Waals surface area contributed by atoms with Crippen molar-refractivity contribution in [3.63, 3.8) is 0 Å². The SMILES string of the molecule is Cc1noc(-c2ccc(Br)cc2Br)n1. The van der Waals surface area contributed by atoms with Crippen molar-refractivity contribution >= 4 is 31.9 Å². The molecule has 1 heterocycles. The summed E-state index contributed by atoms with van der Waals surface area (Å²) < 4.78 is 7.00. The van der Waals surface area contributed by atoms with Gasteiger partial charge >= 0.3 is 0 Å². The van der Waals surface area contributed by atoms with Gasteiger partial charge in [0.15, 0.2) is 5.82 Å². The minimum atomic E-state index is 0.530. The van der Waals surface area contributed by atoms with Crippen LogP contribution in [0.5, 0.6) is 0 Å². The molecule has 72 valence electrons. The molecule has 0 N–H and O–H groups in total. The molecule has 1 aromatic carbocycles. The van der Waals surface area contributed by atoms with E-state index < -0.39 is 0 Å². The van der Waals surface area contributed by atoms with Crippen LogP contribution in [-0.4, -0.2) is 10.1 Å². The monoisotopic (exact) mass is 316 g/mol. The zero-order valence-corrected chi connectivity index (χ0v) is 10.5. The molecular formula is C9H6Br2N2O. The fraction of sp³-hybridized carbons (Fsp3) is 0.111. The number of hydrogen-bond acceptors (Lipinski definition) is 3. The van der Waals surface area contributed by atoms with Crippen molar-refractivity contribution in [1.82, 2.24) is 10.1 Å². The maximum absolute atomic E-state index is 5.06. The Labute approximate surface area is 97.8 Å². The summed E-state index contributed by atoms with van der Waals surface area (Å²) >= 11 is 6.81. The van der Waals surface area contributed by atoms with Crippen LogP contribution in [0.25, 0.3) is 11.5 Å². The first kappa shape index (κ1) is 9.86. The van der Waals surface area contributed by atoms with Gasteiger partial charge in [-0.1, -0.05) is 21.1 Å². The van der Waals surface area contributed by atoms with E-state index >= 15 is 0 Å². The minimum Gasteiger partial charge on any atom is -0.334 e. The van der Waals surface area contributed by atoms with Crippen molar-refractivity contribution in [3.8, 4) is 11.5 Å². The quantitative estimate of drug-likeness (QED) is 0.807. The Morgan fingerprint density at radius 2 is 2.07 bits per heavy atom. The lowest BCUT2D eigenvalue weighted by atomic mass is 10.2. The fourth-order valence-corrected chi connectivity index (χ4v) is 2.29. The number of hydrogen-bond donors (Lipinski definition) is 0. The average molecular weight is 318 g/mol. The van der Waals surface area contributed by atoms with Crippen LogP contribution in [0, 0.1) is 6.92 Å². The second-order valence-corrected chi connectivity index (χ2v) is 4.54. The predicted octanol–water partition coefficient (Wildman–Crippen LogP) is 3.57. The molecule has 0 unspecified atom stereocenters. The maximum atomic E-state index is 5.06. The first-order valence-electron chi connectivity index (χ1n) is 3.92. The lowest BCUT2D eigenvalue weighted by Gasteiger charge is -1.98. The normalized spacial score (nSPS) is 10.5. The number of benzene rings is 1. The highest BCUT2D eigenvalue weighted by Gasteiger charge is 2.09. The molecule has 5 heteroatoms. The van der Waals surface area contributed by atoms with Crippen molar-refractivity contribution in [1.29, 1.82) is 0 Å². The molecule has 0 amide bonds. The van der Waals surface area contributed by atoms with Gasteiger partial charge in [0.25, 0.3) is 5.89 Å². The molecule has 0 atom stereocenters. The Balaban J connectivity index is 2.52. The van der Waals surface area contributed by atoms with Crippen LogP contribution in [0.4, 0.5) is 0 Å². The van der Waals surface area contributed by atoms with Gasteiger partial charge in [-0.05, 0) is 41.1 Å². The lowest BCUT2D eigenvalue weighted by molar-refractivity contribution is 0.425. The molecule has 0 fully saturated rings. The molecule has 0 bridgehead atoms. The van der Waals surface area contributed by atoms with Gasteiger partial charge in [0, 0.05) is 8.95 Å². The van der Waals surface area contributed by atoms with Gasteiger partial charge in [-0.25, -0.2) is 0 Å². The summed E-state index contributed by atoms with van der Waals surface area (Å²) in [5, 5.41) is 3.74. The molecule has 0 aliphatic carbocycles. The van der Waals surface area contributed by atoms with Gasteiger partial charge in [-0.3, -0.25) is 0 Å². The van der Waals surface area contributed by atoms with Crippen LogP contribution >= 0.6 is 31.9 Å². The van der Waals surface area contributed by atoms with E-state index in [4.69, 9.17) is 4.52 Å². The van der Waals surface area contributed by atoms with Crippen molar-refractivity contribution in [3.05, 3.63) is 33.0 Å². The maximum Gasteiger partial charge on any atom is 0.259 e. The molecule has 2 rings (SSSR count).